The number of ether oxygens (including phenoxy) is 1. The van der Waals surface area contributed by atoms with Crippen LogP contribution in [0, 0.1) is 0 Å². The number of piperazine rings is 1. The minimum atomic E-state index is -0.249. The topological polar surface area (TPSA) is 32.8 Å². The molecule has 1 saturated carbocycles. The summed E-state index contributed by atoms with van der Waals surface area (Å²) in [6.45, 7) is 6.99. The predicted octanol–water partition coefficient (Wildman–Crippen LogP) is 1.89. The second kappa shape index (κ2) is 5.68. The van der Waals surface area contributed by atoms with Crippen molar-refractivity contribution in [1.29, 1.82) is 0 Å². The molecule has 1 aromatic rings. The van der Waals surface area contributed by atoms with Gasteiger partial charge in [0.1, 0.15) is 5.75 Å². The monoisotopic (exact) mass is 288 g/mol. The summed E-state index contributed by atoms with van der Waals surface area (Å²) in [5.74, 6) is 1.17. The van der Waals surface area contributed by atoms with Gasteiger partial charge in [0, 0.05) is 26.2 Å². The quantitative estimate of drug-likeness (QED) is 0.848. The lowest BCUT2D eigenvalue weighted by molar-refractivity contribution is -0.135. The summed E-state index contributed by atoms with van der Waals surface area (Å²) in [5.41, 5.74) is 0.895. The van der Waals surface area contributed by atoms with Crippen molar-refractivity contribution in [3.05, 3.63) is 29.8 Å². The summed E-state index contributed by atoms with van der Waals surface area (Å²) in [7, 11) is 1.67. The molecule has 1 aliphatic heterocycles. The first-order chi connectivity index (χ1) is 10.2. The lowest BCUT2D eigenvalue weighted by atomic mass is 9.94. The van der Waals surface area contributed by atoms with Crippen LogP contribution in [0.5, 0.6) is 5.75 Å². The van der Waals surface area contributed by atoms with E-state index in [0.29, 0.717) is 5.91 Å². The highest BCUT2D eigenvalue weighted by Gasteiger charge is 2.53. The minimum absolute atomic E-state index is 0.249. The van der Waals surface area contributed by atoms with Crippen molar-refractivity contribution in [2.75, 3.05) is 39.8 Å². The maximum Gasteiger partial charge on any atom is 0.233 e. The average molecular weight is 288 g/mol. The molecule has 1 aromatic carbocycles. The molecule has 1 aliphatic carbocycles. The highest BCUT2D eigenvalue weighted by atomic mass is 16.5. The number of carbonyl (C=O) groups is 1. The van der Waals surface area contributed by atoms with Crippen LogP contribution < -0.4 is 4.74 Å². The molecule has 2 aliphatic rings. The van der Waals surface area contributed by atoms with Gasteiger partial charge in [-0.3, -0.25) is 4.79 Å². The normalized spacial score (nSPS) is 21.1. The van der Waals surface area contributed by atoms with Crippen molar-refractivity contribution in [2.24, 2.45) is 0 Å². The third-order valence-corrected chi connectivity index (χ3v) is 4.91. The van der Waals surface area contributed by atoms with Gasteiger partial charge in [-0.25, -0.2) is 0 Å². The van der Waals surface area contributed by atoms with Gasteiger partial charge in [0.2, 0.25) is 5.91 Å². The lowest BCUT2D eigenvalue weighted by Gasteiger charge is -2.36. The van der Waals surface area contributed by atoms with E-state index in [2.05, 4.69) is 16.7 Å². The van der Waals surface area contributed by atoms with Gasteiger partial charge in [0.15, 0.2) is 0 Å². The number of hydrogen-bond donors (Lipinski definition) is 0. The van der Waals surface area contributed by atoms with Crippen LogP contribution in [0.15, 0.2) is 24.3 Å². The Labute approximate surface area is 126 Å². The Hall–Kier alpha value is -1.55. The molecular formula is C17H24N2O2. The second-order valence-electron chi connectivity index (χ2n) is 6.04. The molecule has 0 bridgehead atoms. The van der Waals surface area contributed by atoms with Crippen LogP contribution in [0.1, 0.15) is 25.3 Å². The fourth-order valence-electron chi connectivity index (χ4n) is 3.23. The molecule has 1 saturated heterocycles. The largest absolute Gasteiger partial charge is 0.497 e. The number of nitrogens with zero attached hydrogens (tertiary/aromatic N) is 2. The van der Waals surface area contributed by atoms with Gasteiger partial charge in [-0.15, -0.1) is 0 Å². The lowest BCUT2D eigenvalue weighted by Crippen LogP contribution is -2.51. The molecule has 4 nitrogen and oxygen atoms in total. The zero-order valence-electron chi connectivity index (χ0n) is 13.0. The molecule has 3 rings (SSSR count). The van der Waals surface area contributed by atoms with Crippen LogP contribution in [0.4, 0.5) is 0 Å². The van der Waals surface area contributed by atoms with Crippen molar-refractivity contribution in [3.8, 4) is 5.75 Å². The number of carbonyl (C=O) groups excluding carboxylic acids is 1. The molecule has 0 unspecified atom stereocenters. The van der Waals surface area contributed by atoms with E-state index in [1.54, 1.807) is 7.11 Å². The zero-order chi connectivity index (χ0) is 14.9. The predicted molar refractivity (Wildman–Crippen MR) is 82.6 cm³/mol. The number of hydrogen-bond acceptors (Lipinski definition) is 3. The van der Waals surface area contributed by atoms with Crippen LogP contribution in [0.2, 0.25) is 0 Å². The van der Waals surface area contributed by atoms with E-state index in [-0.39, 0.29) is 5.41 Å². The first kappa shape index (κ1) is 14.4. The van der Waals surface area contributed by atoms with Crippen LogP contribution >= 0.6 is 0 Å². The molecule has 114 valence electrons. The number of benzene rings is 1. The molecule has 0 atom stereocenters. The molecule has 21 heavy (non-hydrogen) atoms. The summed E-state index contributed by atoms with van der Waals surface area (Å²) >= 11 is 0. The summed E-state index contributed by atoms with van der Waals surface area (Å²) in [4.78, 5) is 17.4. The van der Waals surface area contributed by atoms with E-state index in [1.807, 2.05) is 24.3 Å². The molecular weight excluding hydrogens is 264 g/mol. The maximum atomic E-state index is 12.9. The third-order valence-electron chi connectivity index (χ3n) is 4.91. The first-order valence-corrected chi connectivity index (χ1v) is 7.86. The van der Waals surface area contributed by atoms with Crippen molar-refractivity contribution >= 4 is 5.91 Å². The Morgan fingerprint density at radius 2 is 1.76 bits per heavy atom. The van der Waals surface area contributed by atoms with E-state index >= 15 is 0 Å². The van der Waals surface area contributed by atoms with Gasteiger partial charge in [-0.05, 0) is 37.1 Å². The molecule has 1 heterocycles. The Morgan fingerprint density at radius 3 is 2.24 bits per heavy atom. The number of methoxy groups -OCH3 is 1. The standard InChI is InChI=1S/C17H24N2O2/c1-3-18-10-12-19(13-11-18)16(20)17(8-9-17)14-4-6-15(21-2)7-5-14/h4-7H,3,8-13H2,1-2H3. The summed E-state index contributed by atoms with van der Waals surface area (Å²) in [5, 5.41) is 0. The average Bonchev–Trinajstić information content (AvgIpc) is 3.36. The third kappa shape index (κ3) is 2.64. The SMILES string of the molecule is CCN1CCN(C(=O)C2(c3ccc(OC)cc3)CC2)CC1. The minimum Gasteiger partial charge on any atom is -0.497 e. The van der Waals surface area contributed by atoms with Gasteiger partial charge in [0.05, 0.1) is 12.5 Å². The fraction of sp³-hybridized carbons (Fsp3) is 0.588. The fourth-order valence-corrected chi connectivity index (χ4v) is 3.23. The van der Waals surface area contributed by atoms with E-state index in [1.165, 1.54) is 0 Å². The maximum absolute atomic E-state index is 12.9. The molecule has 0 radical (unpaired) electrons. The molecule has 0 spiro atoms. The number of amides is 1. The van der Waals surface area contributed by atoms with E-state index < -0.39 is 0 Å². The molecule has 2 fully saturated rings. The Balaban J connectivity index is 1.71. The highest BCUT2D eigenvalue weighted by molar-refractivity contribution is 5.91. The van der Waals surface area contributed by atoms with Gasteiger partial charge in [-0.1, -0.05) is 19.1 Å². The van der Waals surface area contributed by atoms with E-state index in [9.17, 15) is 4.79 Å². The van der Waals surface area contributed by atoms with Crippen molar-refractivity contribution in [1.82, 2.24) is 9.80 Å². The number of likely N-dealkylation sites (N-methyl/N-ethyl adjacent to an activating group) is 1. The van der Waals surface area contributed by atoms with Crippen molar-refractivity contribution in [2.45, 2.75) is 25.2 Å². The van der Waals surface area contributed by atoms with Gasteiger partial charge >= 0.3 is 0 Å². The van der Waals surface area contributed by atoms with E-state index in [0.717, 1.165) is 56.9 Å². The summed E-state index contributed by atoms with van der Waals surface area (Å²) in [6, 6.07) is 8.01. The molecule has 1 amide bonds. The summed E-state index contributed by atoms with van der Waals surface area (Å²) in [6.07, 6.45) is 1.96. The smallest absolute Gasteiger partial charge is 0.233 e. The van der Waals surface area contributed by atoms with Crippen molar-refractivity contribution in [3.63, 3.8) is 0 Å². The van der Waals surface area contributed by atoms with Crippen LogP contribution in [0.25, 0.3) is 0 Å². The number of rotatable bonds is 4. The Bertz CT molecular complexity index is 500. The van der Waals surface area contributed by atoms with Crippen molar-refractivity contribution < 1.29 is 9.53 Å². The zero-order valence-corrected chi connectivity index (χ0v) is 13.0. The molecule has 4 heteroatoms. The van der Waals surface area contributed by atoms with E-state index in [4.69, 9.17) is 4.74 Å². The summed E-state index contributed by atoms with van der Waals surface area (Å²) < 4.78 is 5.20. The highest BCUT2D eigenvalue weighted by Crippen LogP contribution is 2.50. The molecule has 0 N–H and O–H groups in total. The van der Waals surface area contributed by atoms with Crippen LogP contribution in [0.3, 0.4) is 0 Å². The van der Waals surface area contributed by atoms with Gasteiger partial charge in [0.25, 0.3) is 0 Å². The molecule has 0 aromatic heterocycles. The van der Waals surface area contributed by atoms with Gasteiger partial charge in [-0.2, -0.15) is 0 Å². The second-order valence-corrected chi connectivity index (χ2v) is 6.04. The first-order valence-electron chi connectivity index (χ1n) is 7.86. The Kier molecular flexibility index (Phi) is 3.89. The van der Waals surface area contributed by atoms with Crippen LogP contribution in [-0.2, 0) is 10.2 Å². The Morgan fingerprint density at radius 1 is 1.14 bits per heavy atom. The van der Waals surface area contributed by atoms with Crippen LogP contribution in [-0.4, -0.2) is 55.5 Å². The van der Waals surface area contributed by atoms with Gasteiger partial charge < -0.3 is 14.5 Å².